The highest BCUT2D eigenvalue weighted by Gasteiger charge is 2.52. The molecule has 0 aliphatic carbocycles. The molecule has 3 fully saturated rings. The molecule has 542 valence electrons. The fourth-order valence-electron chi connectivity index (χ4n) is 13.0. The zero-order chi connectivity index (χ0) is 73.8. The number of amides is 4. The minimum atomic E-state index is -0.634. The maximum Gasteiger partial charge on any atom is 0.495 e. The van der Waals surface area contributed by atoms with Crippen molar-refractivity contribution in [1.82, 2.24) is 49.0 Å². The second kappa shape index (κ2) is 30.9. The number of nitrogens with zero attached hydrogens (tertiary/aromatic N) is 14. The number of benzene rings is 4. The molecule has 29 heteroatoms. The molecule has 0 saturated carbocycles. The summed E-state index contributed by atoms with van der Waals surface area (Å²) in [6.45, 7) is 14.7. The number of anilines is 8. The molecular weight excluding hydrogens is 1400 g/mol. The number of fused-ring (bicyclic) bond motifs is 4. The maximum absolute atomic E-state index is 13.7. The van der Waals surface area contributed by atoms with Crippen LogP contribution >= 0.6 is 15.9 Å². The molecule has 27 nitrogen and oxygen atoms in total. The van der Waals surface area contributed by atoms with Crippen LogP contribution in [0.15, 0.2) is 151 Å². The van der Waals surface area contributed by atoms with Gasteiger partial charge < -0.3 is 68.7 Å². The molecule has 15 rings (SSSR count). The Labute approximate surface area is 616 Å². The van der Waals surface area contributed by atoms with Gasteiger partial charge in [0.2, 0.25) is 0 Å². The molecular formula is C76H82BBrN16O11. The van der Waals surface area contributed by atoms with Crippen molar-refractivity contribution in [1.29, 1.82) is 0 Å². The van der Waals surface area contributed by atoms with Gasteiger partial charge >= 0.3 is 13.1 Å². The van der Waals surface area contributed by atoms with Crippen LogP contribution in [-0.4, -0.2) is 196 Å². The predicted molar refractivity (Wildman–Crippen MR) is 403 cm³/mol. The third-order valence-corrected chi connectivity index (χ3v) is 19.9. The van der Waals surface area contributed by atoms with Crippen LogP contribution in [-0.2, 0) is 54.4 Å². The van der Waals surface area contributed by atoms with Gasteiger partial charge in [-0.05, 0) is 152 Å². The second-order valence-electron chi connectivity index (χ2n) is 27.2. The lowest BCUT2D eigenvalue weighted by molar-refractivity contribution is -0.142. The summed E-state index contributed by atoms with van der Waals surface area (Å²) in [6.07, 6.45) is 11.4. The lowest BCUT2D eigenvalue weighted by Gasteiger charge is -2.32. The SMILES string of the molecule is CC(=O)OCc1c(B2OC(C)(C)C(C)(C)O2)cccc1N1CCc2cc(N(C)C)ccc2C1=O.CN(C)c1ccc2c(c1)CCN(c1cccc(-c3cc(Nc4ccc(C(=O)N5CCOCC5)cn4)c4nccn4n3)c1CO)C2=O.O=C(c1ccc(Nc2cc(Br)nn3ccnc23)nc1)N1CCOCC1. The second-order valence-corrected chi connectivity index (χ2v) is 28.0. The summed E-state index contributed by atoms with van der Waals surface area (Å²) in [4.78, 5) is 93.0. The molecule has 0 spiro atoms. The van der Waals surface area contributed by atoms with Gasteiger partial charge in [0, 0.05) is 157 Å². The first kappa shape index (κ1) is 72.7. The van der Waals surface area contributed by atoms with Crippen LogP contribution in [0.5, 0.6) is 0 Å². The summed E-state index contributed by atoms with van der Waals surface area (Å²) in [5.74, 6) is 0.510. The number of morpholine rings is 2. The van der Waals surface area contributed by atoms with Gasteiger partial charge in [-0.2, -0.15) is 10.2 Å². The Morgan fingerprint density at radius 1 is 0.590 bits per heavy atom. The van der Waals surface area contributed by atoms with Crippen LogP contribution in [0.2, 0.25) is 0 Å². The highest BCUT2D eigenvalue weighted by molar-refractivity contribution is 9.10. The molecule has 4 aromatic carbocycles. The standard InChI is InChI=1S/C34H34N8O4.C26H33BN2O5.C16H15BrN6O2/c1-39(2)24-7-8-25-22(18-24)10-12-41(34(25)45)30-5-3-4-26(27(30)21-43)28-19-29(32-35-11-13-42(32)38-28)37-31-9-6-23(20-36-31)33(44)40-14-16-46-17-15-40;1-17(30)32-16-21-22(27-33-25(2,3)26(4,5)34-27)9-8-10-23(21)29-14-13-18-15-19(28(6)7)11-12-20(18)24(29)31;17-13-9-12(15-18-3-4-23(15)21-13)20-14-2-1-11(10-19-14)16(24)22-5-7-25-8-6-22/h3-9,11,13,18-20,43H,10,12,14-17,21H2,1-2H3,(H,36,37);8-12,15H,13-14,16H2,1-7H3;1-4,9-10H,5-8H2,(H,19,20). The Balaban J connectivity index is 0.000000146. The van der Waals surface area contributed by atoms with Crippen molar-refractivity contribution in [3.63, 3.8) is 0 Å². The molecule has 3 N–H and O–H groups in total. The van der Waals surface area contributed by atoms with E-state index in [1.807, 2.05) is 138 Å². The van der Waals surface area contributed by atoms with E-state index in [2.05, 4.69) is 63.7 Å². The Kier molecular flexibility index (Phi) is 21.4. The molecule has 6 aromatic heterocycles. The summed E-state index contributed by atoms with van der Waals surface area (Å²) >= 11 is 3.38. The number of pyridine rings is 2. The number of ether oxygens (including phenoxy) is 3. The van der Waals surface area contributed by atoms with E-state index in [0.717, 1.165) is 45.6 Å². The van der Waals surface area contributed by atoms with Crippen molar-refractivity contribution >= 4 is 115 Å². The predicted octanol–water partition coefficient (Wildman–Crippen LogP) is 9.19. The van der Waals surface area contributed by atoms with Gasteiger partial charge in [-0.25, -0.2) is 29.0 Å². The van der Waals surface area contributed by atoms with E-state index in [1.54, 1.807) is 90.1 Å². The van der Waals surface area contributed by atoms with Crippen LogP contribution in [0.1, 0.15) is 98.3 Å². The molecule has 0 bridgehead atoms. The highest BCUT2D eigenvalue weighted by atomic mass is 79.9. The number of rotatable bonds is 15. The molecule has 3 saturated heterocycles. The summed E-state index contributed by atoms with van der Waals surface area (Å²) in [7, 11) is 7.30. The zero-order valence-electron chi connectivity index (χ0n) is 60.0. The van der Waals surface area contributed by atoms with Gasteiger partial charge in [0.05, 0.1) is 83.8 Å². The summed E-state index contributed by atoms with van der Waals surface area (Å²) in [5, 5.41) is 26.3. The van der Waals surface area contributed by atoms with E-state index in [0.29, 0.717) is 156 Å². The van der Waals surface area contributed by atoms with Crippen molar-refractivity contribution in [3.05, 3.63) is 195 Å². The van der Waals surface area contributed by atoms with E-state index in [4.69, 9.17) is 28.6 Å². The number of carbonyl (C=O) groups excluding carboxylic acids is 5. The van der Waals surface area contributed by atoms with Crippen molar-refractivity contribution in [2.75, 3.05) is 124 Å². The van der Waals surface area contributed by atoms with Crippen LogP contribution in [0, 0.1) is 0 Å². The van der Waals surface area contributed by atoms with E-state index in [1.165, 1.54) is 6.92 Å². The van der Waals surface area contributed by atoms with Crippen LogP contribution in [0.25, 0.3) is 22.6 Å². The molecule has 0 unspecified atom stereocenters. The number of hydrogen-bond donors (Lipinski definition) is 3. The first-order valence-electron chi connectivity index (χ1n) is 34.7. The number of carbonyl (C=O) groups is 5. The minimum Gasteiger partial charge on any atom is -0.461 e. The number of imidazole rings is 2. The molecule has 0 radical (unpaired) electrons. The molecule has 5 aliphatic rings. The smallest absolute Gasteiger partial charge is 0.461 e. The normalized spacial score (nSPS) is 16.0. The molecule has 105 heavy (non-hydrogen) atoms. The van der Waals surface area contributed by atoms with Gasteiger partial charge in [0.25, 0.3) is 23.6 Å². The lowest BCUT2D eigenvalue weighted by Crippen LogP contribution is -2.42. The number of hydrogen-bond acceptors (Lipinski definition) is 21. The van der Waals surface area contributed by atoms with E-state index < -0.39 is 18.3 Å². The average Bonchev–Trinajstić information content (AvgIpc) is 1.75. The quantitative estimate of drug-likeness (QED) is 0.0637. The van der Waals surface area contributed by atoms with Gasteiger partial charge in [0.15, 0.2) is 11.3 Å². The molecule has 10 aromatic rings. The van der Waals surface area contributed by atoms with Gasteiger partial charge in [-0.1, -0.05) is 24.3 Å². The third kappa shape index (κ3) is 15.6. The molecule has 4 amide bonds. The largest absolute Gasteiger partial charge is 0.495 e. The fraction of sp³-hybridized carbons (Fsp3) is 0.329. The van der Waals surface area contributed by atoms with Crippen LogP contribution in [0.3, 0.4) is 0 Å². The third-order valence-electron chi connectivity index (χ3n) is 19.5. The van der Waals surface area contributed by atoms with Crippen molar-refractivity contribution < 1.29 is 52.6 Å². The Morgan fingerprint density at radius 2 is 1.08 bits per heavy atom. The fourth-order valence-corrected chi connectivity index (χ4v) is 13.4. The van der Waals surface area contributed by atoms with E-state index >= 15 is 0 Å². The Bertz CT molecular complexity index is 4890. The van der Waals surface area contributed by atoms with Crippen LogP contribution < -0.4 is 35.7 Å². The maximum atomic E-state index is 13.7. The first-order chi connectivity index (χ1) is 50.5. The number of nitrogens with one attached hydrogen (secondary N) is 2. The van der Waals surface area contributed by atoms with Gasteiger partial charge in [-0.15, -0.1) is 0 Å². The summed E-state index contributed by atoms with van der Waals surface area (Å²) in [5.41, 5.74) is 13.0. The Hall–Kier alpha value is -10.7. The number of esters is 1. The monoisotopic (exact) mass is 1480 g/mol. The summed E-state index contributed by atoms with van der Waals surface area (Å²) < 4.78 is 32.6. The zero-order valence-corrected chi connectivity index (χ0v) is 61.6. The topological polar surface area (TPSA) is 281 Å². The number of aliphatic hydroxyl groups excluding tert-OH is 1. The first-order valence-corrected chi connectivity index (χ1v) is 35.4. The number of aliphatic hydroxyl groups is 1. The average molecular weight is 1490 g/mol. The number of aromatic nitrogens is 8. The summed E-state index contributed by atoms with van der Waals surface area (Å²) in [6, 6.07) is 33.9. The minimum absolute atomic E-state index is 0.0235. The molecule has 11 heterocycles. The van der Waals surface area contributed by atoms with Crippen LogP contribution in [0.4, 0.5) is 45.8 Å². The van der Waals surface area contributed by atoms with Gasteiger partial charge in [-0.3, -0.25) is 24.0 Å². The lowest BCUT2D eigenvalue weighted by atomic mass is 9.75. The van der Waals surface area contributed by atoms with Crippen molar-refractivity contribution in [2.24, 2.45) is 0 Å². The molecule has 5 aliphatic heterocycles. The Morgan fingerprint density at radius 3 is 1.55 bits per heavy atom. The van der Waals surface area contributed by atoms with E-state index in [9.17, 15) is 29.1 Å². The van der Waals surface area contributed by atoms with Gasteiger partial charge in [0.1, 0.15) is 22.8 Å². The van der Waals surface area contributed by atoms with E-state index in [-0.39, 0.29) is 42.8 Å². The van der Waals surface area contributed by atoms with Crippen molar-refractivity contribution in [2.45, 2.75) is 71.9 Å². The highest BCUT2D eigenvalue weighted by Crippen LogP contribution is 2.40. The molecule has 0 atom stereocenters. The van der Waals surface area contributed by atoms with Crippen molar-refractivity contribution in [3.8, 4) is 11.3 Å². The number of halogens is 1.